The van der Waals surface area contributed by atoms with Crippen LogP contribution in [0.15, 0.2) is 22.7 Å². The van der Waals surface area contributed by atoms with E-state index in [1.165, 1.54) is 0 Å². The van der Waals surface area contributed by atoms with Crippen molar-refractivity contribution in [2.75, 3.05) is 18.0 Å². The molecule has 2 unspecified atom stereocenters. The first-order valence-electron chi connectivity index (χ1n) is 5.74. The van der Waals surface area contributed by atoms with Crippen LogP contribution in [0.1, 0.15) is 18.9 Å². The highest BCUT2D eigenvalue weighted by Crippen LogP contribution is 2.30. The summed E-state index contributed by atoms with van der Waals surface area (Å²) >= 11 is 3.50. The van der Waals surface area contributed by atoms with Crippen molar-refractivity contribution in [2.45, 2.75) is 19.4 Å². The monoisotopic (exact) mass is 294 g/mol. The summed E-state index contributed by atoms with van der Waals surface area (Å²) in [5.41, 5.74) is 1.76. The van der Waals surface area contributed by atoms with E-state index in [4.69, 9.17) is 5.26 Å². The Labute approximate surface area is 110 Å². The van der Waals surface area contributed by atoms with E-state index < -0.39 is 0 Å². The largest absolute Gasteiger partial charge is 0.393 e. The van der Waals surface area contributed by atoms with Crippen LogP contribution in [0.25, 0.3) is 0 Å². The minimum atomic E-state index is -0.191. The summed E-state index contributed by atoms with van der Waals surface area (Å²) < 4.78 is 0.945. The van der Waals surface area contributed by atoms with Crippen LogP contribution in [0.5, 0.6) is 0 Å². The molecule has 2 rings (SSSR count). The molecule has 1 N–H and O–H groups in total. The molecule has 0 bridgehead atoms. The average Bonchev–Trinajstić information content (AvgIpc) is 2.32. The zero-order chi connectivity index (χ0) is 12.4. The third kappa shape index (κ3) is 2.62. The molecule has 2 atom stereocenters. The smallest absolute Gasteiger partial charge is 0.0992 e. The average molecular weight is 295 g/mol. The zero-order valence-electron chi connectivity index (χ0n) is 9.73. The number of hydrogen-bond donors (Lipinski definition) is 1. The molecule has 1 heterocycles. The second kappa shape index (κ2) is 5.07. The van der Waals surface area contributed by atoms with Crippen molar-refractivity contribution in [3.63, 3.8) is 0 Å². The van der Waals surface area contributed by atoms with E-state index >= 15 is 0 Å². The van der Waals surface area contributed by atoms with Gasteiger partial charge in [0.1, 0.15) is 0 Å². The van der Waals surface area contributed by atoms with Gasteiger partial charge in [0.25, 0.3) is 0 Å². The molecule has 1 fully saturated rings. The van der Waals surface area contributed by atoms with E-state index in [0.29, 0.717) is 5.56 Å². The molecule has 90 valence electrons. The predicted octanol–water partition coefficient (Wildman–Crippen LogP) is 2.53. The second-order valence-corrected chi connectivity index (χ2v) is 5.41. The first kappa shape index (κ1) is 12.4. The standard InChI is InChI=1S/C13H15BrN2O/c1-9-8-16(5-4-13(9)17)12-3-2-10(7-15)6-11(12)14/h2-3,6,9,13,17H,4-5,8H2,1H3. The van der Waals surface area contributed by atoms with Gasteiger partial charge in [0.05, 0.1) is 23.4 Å². The number of nitriles is 1. The number of anilines is 1. The number of piperidine rings is 1. The third-order valence-corrected chi connectivity index (χ3v) is 3.91. The molecule has 1 aromatic rings. The maximum absolute atomic E-state index is 9.71. The van der Waals surface area contributed by atoms with Crippen molar-refractivity contribution in [3.05, 3.63) is 28.2 Å². The van der Waals surface area contributed by atoms with Gasteiger partial charge in [-0.3, -0.25) is 0 Å². The van der Waals surface area contributed by atoms with Gasteiger partial charge in [-0.1, -0.05) is 6.92 Å². The number of rotatable bonds is 1. The van der Waals surface area contributed by atoms with E-state index in [9.17, 15) is 5.11 Å². The minimum Gasteiger partial charge on any atom is -0.393 e. The fourth-order valence-corrected chi connectivity index (χ4v) is 2.81. The number of hydrogen-bond acceptors (Lipinski definition) is 3. The Morgan fingerprint density at radius 3 is 2.88 bits per heavy atom. The molecule has 17 heavy (non-hydrogen) atoms. The van der Waals surface area contributed by atoms with Crippen LogP contribution in [0, 0.1) is 17.2 Å². The Morgan fingerprint density at radius 2 is 2.29 bits per heavy atom. The quantitative estimate of drug-likeness (QED) is 0.866. The van der Waals surface area contributed by atoms with Crippen LogP contribution in [0.2, 0.25) is 0 Å². The van der Waals surface area contributed by atoms with E-state index in [2.05, 4.69) is 33.8 Å². The fraction of sp³-hybridized carbons (Fsp3) is 0.462. The van der Waals surface area contributed by atoms with E-state index in [1.54, 1.807) is 0 Å². The molecule has 3 nitrogen and oxygen atoms in total. The summed E-state index contributed by atoms with van der Waals surface area (Å²) in [5, 5.41) is 18.5. The van der Waals surface area contributed by atoms with Crippen molar-refractivity contribution in [3.8, 4) is 6.07 Å². The molecule has 1 saturated heterocycles. The van der Waals surface area contributed by atoms with Gasteiger partial charge < -0.3 is 10.0 Å². The first-order valence-corrected chi connectivity index (χ1v) is 6.54. The topological polar surface area (TPSA) is 47.3 Å². The van der Waals surface area contributed by atoms with Crippen LogP contribution in [0.3, 0.4) is 0 Å². The van der Waals surface area contributed by atoms with Crippen LogP contribution >= 0.6 is 15.9 Å². The summed E-state index contributed by atoms with van der Waals surface area (Å²) in [5.74, 6) is 0.284. The molecule has 4 heteroatoms. The molecule has 0 saturated carbocycles. The molecule has 1 aromatic carbocycles. The predicted molar refractivity (Wildman–Crippen MR) is 70.9 cm³/mol. The lowest BCUT2D eigenvalue weighted by Crippen LogP contribution is -2.42. The van der Waals surface area contributed by atoms with Crippen LogP contribution in [0.4, 0.5) is 5.69 Å². The lowest BCUT2D eigenvalue weighted by atomic mass is 9.96. The molecule has 0 aromatic heterocycles. The molecular formula is C13H15BrN2O. The molecule has 0 amide bonds. The van der Waals surface area contributed by atoms with Gasteiger partial charge in [0.15, 0.2) is 0 Å². The number of aliphatic hydroxyl groups excluding tert-OH is 1. The highest BCUT2D eigenvalue weighted by molar-refractivity contribution is 9.10. The lowest BCUT2D eigenvalue weighted by Gasteiger charge is -2.36. The summed E-state index contributed by atoms with van der Waals surface area (Å²) in [4.78, 5) is 2.25. The summed E-state index contributed by atoms with van der Waals surface area (Å²) in [7, 11) is 0. The Kier molecular flexibility index (Phi) is 3.70. The van der Waals surface area contributed by atoms with Crippen molar-refractivity contribution < 1.29 is 5.11 Å². The van der Waals surface area contributed by atoms with Gasteiger partial charge in [-0.2, -0.15) is 5.26 Å². The molecule has 0 aliphatic carbocycles. The van der Waals surface area contributed by atoms with Gasteiger partial charge in [0, 0.05) is 17.6 Å². The van der Waals surface area contributed by atoms with E-state index in [1.807, 2.05) is 18.2 Å². The van der Waals surface area contributed by atoms with Gasteiger partial charge >= 0.3 is 0 Å². The van der Waals surface area contributed by atoms with Crippen molar-refractivity contribution >= 4 is 21.6 Å². The van der Waals surface area contributed by atoms with Crippen LogP contribution in [-0.4, -0.2) is 24.3 Å². The maximum Gasteiger partial charge on any atom is 0.0992 e. The molecule has 1 aliphatic heterocycles. The van der Waals surface area contributed by atoms with Crippen LogP contribution < -0.4 is 4.90 Å². The van der Waals surface area contributed by atoms with Crippen molar-refractivity contribution in [1.29, 1.82) is 5.26 Å². The normalized spacial score (nSPS) is 24.5. The highest BCUT2D eigenvalue weighted by Gasteiger charge is 2.25. The van der Waals surface area contributed by atoms with Crippen LogP contribution in [-0.2, 0) is 0 Å². The number of halogens is 1. The van der Waals surface area contributed by atoms with E-state index in [-0.39, 0.29) is 12.0 Å². The SMILES string of the molecule is CC1CN(c2ccc(C#N)cc2Br)CCC1O. The van der Waals surface area contributed by atoms with Gasteiger partial charge in [-0.15, -0.1) is 0 Å². The van der Waals surface area contributed by atoms with Gasteiger partial charge in [-0.05, 0) is 46.5 Å². The first-order chi connectivity index (χ1) is 8.11. The van der Waals surface area contributed by atoms with Crippen molar-refractivity contribution in [1.82, 2.24) is 0 Å². The Bertz CT molecular complexity index is 455. The number of aliphatic hydroxyl groups is 1. The fourth-order valence-electron chi connectivity index (χ4n) is 2.18. The number of nitrogens with zero attached hydrogens (tertiary/aromatic N) is 2. The second-order valence-electron chi connectivity index (χ2n) is 4.56. The third-order valence-electron chi connectivity index (χ3n) is 3.28. The summed E-state index contributed by atoms with van der Waals surface area (Å²) in [6.45, 7) is 3.77. The molecule has 0 spiro atoms. The van der Waals surface area contributed by atoms with Gasteiger partial charge in [-0.25, -0.2) is 0 Å². The summed E-state index contributed by atoms with van der Waals surface area (Å²) in [6, 6.07) is 7.76. The molecule has 0 radical (unpaired) electrons. The Morgan fingerprint density at radius 1 is 1.53 bits per heavy atom. The minimum absolute atomic E-state index is 0.191. The van der Waals surface area contributed by atoms with Crippen molar-refractivity contribution in [2.24, 2.45) is 5.92 Å². The maximum atomic E-state index is 9.71. The lowest BCUT2D eigenvalue weighted by molar-refractivity contribution is 0.0970. The molecule has 1 aliphatic rings. The Hall–Kier alpha value is -1.05. The molecular weight excluding hydrogens is 280 g/mol. The Balaban J connectivity index is 2.21. The van der Waals surface area contributed by atoms with E-state index in [0.717, 1.165) is 29.7 Å². The number of benzene rings is 1. The highest BCUT2D eigenvalue weighted by atomic mass is 79.9. The van der Waals surface area contributed by atoms with Gasteiger partial charge in [0.2, 0.25) is 0 Å². The summed E-state index contributed by atoms with van der Waals surface area (Å²) in [6.07, 6.45) is 0.608. The zero-order valence-corrected chi connectivity index (χ0v) is 11.3.